The number of ether oxygens (including phenoxy) is 1. The maximum atomic E-state index is 12.8. The van der Waals surface area contributed by atoms with E-state index in [0.717, 1.165) is 16.2 Å². The van der Waals surface area contributed by atoms with E-state index in [1.807, 2.05) is 29.6 Å². The molecule has 3 N–H and O–H groups in total. The van der Waals surface area contributed by atoms with Gasteiger partial charge in [-0.3, -0.25) is 9.59 Å². The van der Waals surface area contributed by atoms with Gasteiger partial charge >= 0.3 is 5.97 Å². The zero-order chi connectivity index (χ0) is 21.1. The Labute approximate surface area is 179 Å². The number of rotatable bonds is 6. The van der Waals surface area contributed by atoms with E-state index in [9.17, 15) is 14.4 Å². The summed E-state index contributed by atoms with van der Waals surface area (Å²) in [4.78, 5) is 41.8. The van der Waals surface area contributed by atoms with Crippen molar-refractivity contribution in [3.8, 4) is 10.6 Å². The van der Waals surface area contributed by atoms with Gasteiger partial charge in [-0.15, -0.1) is 22.7 Å². The summed E-state index contributed by atoms with van der Waals surface area (Å²) in [5.74, 6) is -1.85. The van der Waals surface area contributed by atoms with E-state index in [0.29, 0.717) is 27.2 Å². The Bertz CT molecular complexity index is 1250. The van der Waals surface area contributed by atoms with Crippen LogP contribution < -0.4 is 11.1 Å². The summed E-state index contributed by atoms with van der Waals surface area (Å²) in [6.07, 6.45) is 0. The van der Waals surface area contributed by atoms with E-state index >= 15 is 0 Å². The van der Waals surface area contributed by atoms with Crippen LogP contribution in [0.2, 0.25) is 0 Å². The molecule has 0 saturated heterocycles. The number of esters is 1. The number of carbonyl (C=O) groups excluding carboxylic acids is 3. The minimum Gasteiger partial charge on any atom is -0.452 e. The Morgan fingerprint density at radius 2 is 1.83 bits per heavy atom. The number of pyridine rings is 1. The maximum Gasteiger partial charge on any atom is 0.339 e. The first-order valence-electron chi connectivity index (χ1n) is 8.81. The number of anilines is 1. The molecule has 3 heterocycles. The van der Waals surface area contributed by atoms with Gasteiger partial charge < -0.3 is 15.8 Å². The van der Waals surface area contributed by atoms with Crippen molar-refractivity contribution in [2.45, 2.75) is 0 Å². The van der Waals surface area contributed by atoms with Crippen LogP contribution in [-0.2, 0) is 9.53 Å². The van der Waals surface area contributed by atoms with Crippen molar-refractivity contribution in [1.29, 1.82) is 0 Å². The Morgan fingerprint density at radius 3 is 2.60 bits per heavy atom. The lowest BCUT2D eigenvalue weighted by molar-refractivity contribution is -0.119. The standard InChI is InChI=1S/C21H15N3O4S2/c22-19(26)13-7-9-30-20(13)24-18(25)11-28-21(27)14-10-16(17-6-3-8-29-17)23-15-5-2-1-4-12(14)15/h1-10H,11H2,(H2,22,26)(H,24,25). The number of para-hydroxylation sites is 1. The number of primary amides is 1. The number of benzene rings is 1. The third-order valence-electron chi connectivity index (χ3n) is 4.23. The van der Waals surface area contributed by atoms with Crippen molar-refractivity contribution >= 4 is 56.4 Å². The first-order valence-corrected chi connectivity index (χ1v) is 10.6. The average Bonchev–Trinajstić information content (AvgIpc) is 3.43. The minimum absolute atomic E-state index is 0.209. The number of nitrogens with two attached hydrogens (primary N) is 1. The molecule has 1 aromatic carbocycles. The Balaban J connectivity index is 1.54. The monoisotopic (exact) mass is 437 g/mol. The molecule has 0 atom stereocenters. The van der Waals surface area contributed by atoms with Gasteiger partial charge in [-0.05, 0) is 35.0 Å². The lowest BCUT2D eigenvalue weighted by Crippen LogP contribution is -2.22. The maximum absolute atomic E-state index is 12.8. The van der Waals surface area contributed by atoms with Crippen LogP contribution >= 0.6 is 22.7 Å². The molecule has 0 radical (unpaired) electrons. The summed E-state index contributed by atoms with van der Waals surface area (Å²) in [5, 5.41) is 7.06. The molecule has 0 spiro atoms. The highest BCUT2D eigenvalue weighted by Crippen LogP contribution is 2.28. The van der Waals surface area contributed by atoms with Crippen molar-refractivity contribution in [2.24, 2.45) is 5.73 Å². The number of nitrogens with one attached hydrogen (secondary N) is 1. The van der Waals surface area contributed by atoms with Gasteiger partial charge in [0.25, 0.3) is 11.8 Å². The number of carbonyl (C=O) groups is 3. The highest BCUT2D eigenvalue weighted by atomic mass is 32.1. The summed E-state index contributed by atoms with van der Waals surface area (Å²) in [5.41, 5.74) is 7.11. The van der Waals surface area contributed by atoms with Crippen LogP contribution in [0.3, 0.4) is 0 Å². The van der Waals surface area contributed by atoms with Crippen LogP contribution in [0, 0.1) is 0 Å². The number of nitrogens with zero attached hydrogens (tertiary/aromatic N) is 1. The second-order valence-corrected chi connectivity index (χ2v) is 8.07. The molecular weight excluding hydrogens is 422 g/mol. The van der Waals surface area contributed by atoms with Crippen molar-refractivity contribution in [2.75, 3.05) is 11.9 Å². The van der Waals surface area contributed by atoms with Crippen LogP contribution in [-0.4, -0.2) is 29.4 Å². The van der Waals surface area contributed by atoms with Gasteiger partial charge in [-0.25, -0.2) is 9.78 Å². The molecule has 4 aromatic rings. The molecule has 2 amide bonds. The topological polar surface area (TPSA) is 111 Å². The van der Waals surface area contributed by atoms with Gasteiger partial charge in [0.05, 0.1) is 27.2 Å². The summed E-state index contributed by atoms with van der Waals surface area (Å²) in [7, 11) is 0. The first-order chi connectivity index (χ1) is 14.5. The van der Waals surface area contributed by atoms with Gasteiger partial charge in [0.1, 0.15) is 5.00 Å². The molecule has 0 fully saturated rings. The molecule has 0 saturated carbocycles. The lowest BCUT2D eigenvalue weighted by atomic mass is 10.1. The molecule has 9 heteroatoms. The van der Waals surface area contributed by atoms with Crippen LogP contribution in [0.25, 0.3) is 21.5 Å². The molecular formula is C21H15N3O4S2. The zero-order valence-corrected chi connectivity index (χ0v) is 17.1. The highest BCUT2D eigenvalue weighted by molar-refractivity contribution is 7.14. The number of thiophene rings is 2. The number of hydrogen-bond donors (Lipinski definition) is 2. The summed E-state index contributed by atoms with van der Waals surface area (Å²) in [6, 6.07) is 14.3. The molecule has 150 valence electrons. The second kappa shape index (κ2) is 8.44. The number of hydrogen-bond acceptors (Lipinski definition) is 7. The third-order valence-corrected chi connectivity index (χ3v) is 5.95. The van der Waals surface area contributed by atoms with Crippen LogP contribution in [0.4, 0.5) is 5.00 Å². The summed E-state index contributed by atoms with van der Waals surface area (Å²) < 4.78 is 5.23. The van der Waals surface area contributed by atoms with Crippen molar-refractivity contribution in [3.63, 3.8) is 0 Å². The van der Waals surface area contributed by atoms with Crippen LogP contribution in [0.15, 0.2) is 59.3 Å². The van der Waals surface area contributed by atoms with E-state index in [1.54, 1.807) is 23.6 Å². The molecule has 30 heavy (non-hydrogen) atoms. The predicted octanol–water partition coefficient (Wildman–Crippen LogP) is 3.92. The second-order valence-electron chi connectivity index (χ2n) is 6.20. The van der Waals surface area contributed by atoms with E-state index in [-0.39, 0.29) is 5.56 Å². The minimum atomic E-state index is -0.645. The van der Waals surface area contributed by atoms with E-state index in [2.05, 4.69) is 10.3 Å². The van der Waals surface area contributed by atoms with E-state index in [1.165, 1.54) is 17.4 Å². The molecule has 0 aliphatic rings. The number of amides is 2. The Kier molecular flexibility index (Phi) is 5.55. The van der Waals surface area contributed by atoms with Crippen LogP contribution in [0.5, 0.6) is 0 Å². The number of aromatic nitrogens is 1. The van der Waals surface area contributed by atoms with Crippen molar-refractivity contribution in [1.82, 2.24) is 4.98 Å². The Hall–Kier alpha value is -3.56. The van der Waals surface area contributed by atoms with Gasteiger partial charge in [0.2, 0.25) is 0 Å². The fraction of sp³-hybridized carbons (Fsp3) is 0.0476. The number of fused-ring (bicyclic) bond motifs is 1. The molecule has 0 unspecified atom stereocenters. The lowest BCUT2D eigenvalue weighted by Gasteiger charge is -2.10. The SMILES string of the molecule is NC(=O)c1ccsc1NC(=O)COC(=O)c1cc(-c2cccs2)nc2ccccc12. The third kappa shape index (κ3) is 4.07. The normalized spacial score (nSPS) is 10.7. The molecule has 7 nitrogen and oxygen atoms in total. The quantitative estimate of drug-likeness (QED) is 0.444. The van der Waals surface area contributed by atoms with E-state index in [4.69, 9.17) is 10.5 Å². The van der Waals surface area contributed by atoms with Gasteiger partial charge in [0, 0.05) is 5.39 Å². The van der Waals surface area contributed by atoms with Crippen LogP contribution in [0.1, 0.15) is 20.7 Å². The Morgan fingerprint density at radius 1 is 1.00 bits per heavy atom. The first kappa shape index (κ1) is 19.7. The smallest absolute Gasteiger partial charge is 0.339 e. The molecule has 3 aromatic heterocycles. The fourth-order valence-electron chi connectivity index (χ4n) is 2.87. The summed E-state index contributed by atoms with van der Waals surface area (Å²) >= 11 is 2.67. The highest BCUT2D eigenvalue weighted by Gasteiger charge is 2.18. The van der Waals surface area contributed by atoms with Crippen molar-refractivity contribution in [3.05, 3.63) is 70.4 Å². The van der Waals surface area contributed by atoms with E-state index < -0.39 is 24.4 Å². The van der Waals surface area contributed by atoms with Gasteiger partial charge in [0.15, 0.2) is 6.61 Å². The molecule has 0 aliphatic heterocycles. The summed E-state index contributed by atoms with van der Waals surface area (Å²) in [6.45, 7) is -0.500. The molecule has 0 aliphatic carbocycles. The van der Waals surface area contributed by atoms with Crippen molar-refractivity contribution < 1.29 is 19.1 Å². The molecule has 0 bridgehead atoms. The predicted molar refractivity (Wildman–Crippen MR) is 117 cm³/mol. The van der Waals surface area contributed by atoms with Gasteiger partial charge in [-0.1, -0.05) is 24.3 Å². The van der Waals surface area contributed by atoms with Gasteiger partial charge in [-0.2, -0.15) is 0 Å². The largest absolute Gasteiger partial charge is 0.452 e. The zero-order valence-electron chi connectivity index (χ0n) is 15.5. The fourth-order valence-corrected chi connectivity index (χ4v) is 4.36. The molecule has 4 rings (SSSR count). The average molecular weight is 438 g/mol.